The zero-order valence-corrected chi connectivity index (χ0v) is 12.0. The summed E-state index contributed by atoms with van der Waals surface area (Å²) in [5.41, 5.74) is 2.92. The van der Waals surface area contributed by atoms with Crippen LogP contribution in [0.3, 0.4) is 0 Å². The first-order valence-corrected chi connectivity index (χ1v) is 6.83. The molecule has 0 aliphatic rings. The van der Waals surface area contributed by atoms with E-state index in [0.29, 0.717) is 0 Å². The summed E-state index contributed by atoms with van der Waals surface area (Å²) < 4.78 is 5.71. The molecule has 0 radical (unpaired) electrons. The third-order valence-electron chi connectivity index (χ3n) is 3.22. The van der Waals surface area contributed by atoms with Gasteiger partial charge in [-0.25, -0.2) is 0 Å². The van der Waals surface area contributed by atoms with Crippen LogP contribution in [0.15, 0.2) is 54.6 Å². The van der Waals surface area contributed by atoms with Crippen molar-refractivity contribution in [2.45, 2.75) is 32.6 Å². The van der Waals surface area contributed by atoms with Gasteiger partial charge in [0.1, 0.15) is 5.75 Å². The fraction of sp³-hybridized carbons (Fsp3) is 0.333. The summed E-state index contributed by atoms with van der Waals surface area (Å²) in [6, 6.07) is 18.8. The van der Waals surface area contributed by atoms with Crippen LogP contribution in [0.5, 0.6) is 5.75 Å². The monoisotopic (exact) mass is 254 g/mol. The predicted octanol–water partition coefficient (Wildman–Crippen LogP) is 4.61. The highest BCUT2D eigenvalue weighted by molar-refractivity contribution is 5.28. The lowest BCUT2D eigenvalue weighted by Gasteiger charge is -2.19. The fourth-order valence-corrected chi connectivity index (χ4v) is 1.97. The molecule has 0 heterocycles. The summed E-state index contributed by atoms with van der Waals surface area (Å²) in [6.45, 7) is 7.43. The van der Waals surface area contributed by atoms with Gasteiger partial charge < -0.3 is 4.74 Å². The molecular weight excluding hydrogens is 232 g/mol. The molecule has 0 unspecified atom stereocenters. The summed E-state index contributed by atoms with van der Waals surface area (Å²) in [6.07, 6.45) is 0.944. The molecule has 0 amide bonds. The van der Waals surface area contributed by atoms with Crippen LogP contribution in [-0.4, -0.2) is 6.61 Å². The van der Waals surface area contributed by atoms with Crippen molar-refractivity contribution < 1.29 is 4.74 Å². The van der Waals surface area contributed by atoms with Crippen molar-refractivity contribution >= 4 is 0 Å². The Balaban J connectivity index is 1.87. The molecule has 0 N–H and O–H groups in total. The number of rotatable bonds is 4. The Morgan fingerprint density at radius 3 is 2.05 bits per heavy atom. The van der Waals surface area contributed by atoms with Gasteiger partial charge in [0.25, 0.3) is 0 Å². The van der Waals surface area contributed by atoms with Crippen molar-refractivity contribution in [3.8, 4) is 5.75 Å². The Morgan fingerprint density at radius 2 is 1.47 bits per heavy atom. The molecule has 1 nitrogen and oxygen atoms in total. The fourth-order valence-electron chi connectivity index (χ4n) is 1.97. The summed E-state index contributed by atoms with van der Waals surface area (Å²) in [7, 11) is 0. The van der Waals surface area contributed by atoms with Gasteiger partial charge in [-0.15, -0.1) is 0 Å². The maximum absolute atomic E-state index is 5.71. The largest absolute Gasteiger partial charge is 0.493 e. The minimum Gasteiger partial charge on any atom is -0.493 e. The molecule has 0 aromatic heterocycles. The van der Waals surface area contributed by atoms with E-state index in [9.17, 15) is 0 Å². The molecule has 2 rings (SSSR count). The Hall–Kier alpha value is -1.76. The van der Waals surface area contributed by atoms with Gasteiger partial charge in [-0.1, -0.05) is 63.2 Å². The third kappa shape index (κ3) is 4.13. The minimum atomic E-state index is 0.221. The lowest BCUT2D eigenvalue weighted by molar-refractivity contribution is 0.322. The van der Waals surface area contributed by atoms with Gasteiger partial charge in [0.2, 0.25) is 0 Å². The number of ether oxygens (including phenoxy) is 1. The quantitative estimate of drug-likeness (QED) is 0.774. The molecule has 0 spiro atoms. The van der Waals surface area contributed by atoms with Crippen LogP contribution in [0.1, 0.15) is 31.9 Å². The molecule has 2 aromatic rings. The topological polar surface area (TPSA) is 9.23 Å². The van der Waals surface area contributed by atoms with Crippen LogP contribution in [0.4, 0.5) is 0 Å². The predicted molar refractivity (Wildman–Crippen MR) is 80.8 cm³/mol. The lowest BCUT2D eigenvalue weighted by Crippen LogP contribution is -2.11. The Labute approximate surface area is 116 Å². The van der Waals surface area contributed by atoms with Gasteiger partial charge in [0.05, 0.1) is 6.61 Å². The van der Waals surface area contributed by atoms with Gasteiger partial charge in [-0.3, -0.25) is 0 Å². The van der Waals surface area contributed by atoms with E-state index in [1.165, 1.54) is 11.1 Å². The first kappa shape index (κ1) is 13.7. The average Bonchev–Trinajstić information content (AvgIpc) is 2.39. The number of benzene rings is 2. The molecular formula is C18H22O. The van der Waals surface area contributed by atoms with Gasteiger partial charge >= 0.3 is 0 Å². The van der Waals surface area contributed by atoms with Crippen LogP contribution in [0.2, 0.25) is 0 Å². The highest BCUT2D eigenvalue weighted by Crippen LogP contribution is 2.22. The average molecular weight is 254 g/mol. The first-order valence-electron chi connectivity index (χ1n) is 6.83. The van der Waals surface area contributed by atoms with Crippen molar-refractivity contribution in [3.05, 3.63) is 65.7 Å². The normalized spacial score (nSPS) is 11.3. The molecule has 0 atom stereocenters. The number of para-hydroxylation sites is 1. The van der Waals surface area contributed by atoms with Crippen LogP contribution in [-0.2, 0) is 11.8 Å². The van der Waals surface area contributed by atoms with E-state index in [1.54, 1.807) is 0 Å². The van der Waals surface area contributed by atoms with Crippen LogP contribution >= 0.6 is 0 Å². The minimum absolute atomic E-state index is 0.221. The highest BCUT2D eigenvalue weighted by Gasteiger charge is 2.12. The second-order valence-electron chi connectivity index (χ2n) is 5.86. The van der Waals surface area contributed by atoms with Gasteiger partial charge in [0.15, 0.2) is 0 Å². The second kappa shape index (κ2) is 5.92. The summed E-state index contributed by atoms with van der Waals surface area (Å²) in [4.78, 5) is 0. The van der Waals surface area contributed by atoms with E-state index >= 15 is 0 Å². The highest BCUT2D eigenvalue weighted by atomic mass is 16.5. The van der Waals surface area contributed by atoms with Crippen LogP contribution in [0.25, 0.3) is 0 Å². The second-order valence-corrected chi connectivity index (χ2v) is 5.86. The van der Waals surface area contributed by atoms with E-state index in [1.807, 2.05) is 30.3 Å². The Bertz CT molecular complexity index is 491. The Kier molecular flexibility index (Phi) is 4.26. The number of hydrogen-bond acceptors (Lipinski definition) is 1. The summed E-state index contributed by atoms with van der Waals surface area (Å²) in [5.74, 6) is 0.939. The molecule has 0 aliphatic carbocycles. The first-order chi connectivity index (χ1) is 9.05. The van der Waals surface area contributed by atoms with Crippen LogP contribution in [0, 0.1) is 0 Å². The Morgan fingerprint density at radius 1 is 0.842 bits per heavy atom. The number of hydrogen-bond donors (Lipinski definition) is 0. The zero-order chi connectivity index (χ0) is 13.7. The van der Waals surface area contributed by atoms with Crippen molar-refractivity contribution in [2.75, 3.05) is 6.61 Å². The molecule has 0 bridgehead atoms. The van der Waals surface area contributed by atoms with Crippen molar-refractivity contribution in [1.29, 1.82) is 0 Å². The molecule has 0 fully saturated rings. The van der Waals surface area contributed by atoms with Crippen molar-refractivity contribution in [2.24, 2.45) is 0 Å². The third-order valence-corrected chi connectivity index (χ3v) is 3.22. The standard InChI is InChI=1S/C18H22O/c1-18(2,3)16-11-9-15(10-12-16)13-14-19-17-7-5-4-6-8-17/h4-12H,13-14H2,1-3H3. The van der Waals surface area contributed by atoms with E-state index < -0.39 is 0 Å². The van der Waals surface area contributed by atoms with Crippen molar-refractivity contribution in [1.82, 2.24) is 0 Å². The molecule has 100 valence electrons. The van der Waals surface area contributed by atoms with Crippen LogP contribution < -0.4 is 4.74 Å². The van der Waals surface area contributed by atoms with Gasteiger partial charge in [0, 0.05) is 6.42 Å². The van der Waals surface area contributed by atoms with E-state index in [-0.39, 0.29) is 5.41 Å². The zero-order valence-electron chi connectivity index (χ0n) is 12.0. The SMILES string of the molecule is CC(C)(C)c1ccc(CCOc2ccccc2)cc1. The smallest absolute Gasteiger partial charge is 0.119 e. The maximum Gasteiger partial charge on any atom is 0.119 e. The molecule has 2 aromatic carbocycles. The molecule has 19 heavy (non-hydrogen) atoms. The molecule has 1 heteroatoms. The van der Waals surface area contributed by atoms with E-state index in [0.717, 1.165) is 18.8 Å². The van der Waals surface area contributed by atoms with Gasteiger partial charge in [-0.05, 0) is 28.7 Å². The van der Waals surface area contributed by atoms with E-state index in [4.69, 9.17) is 4.74 Å². The van der Waals surface area contributed by atoms with E-state index in [2.05, 4.69) is 45.0 Å². The summed E-state index contributed by atoms with van der Waals surface area (Å²) >= 11 is 0. The summed E-state index contributed by atoms with van der Waals surface area (Å²) in [5, 5.41) is 0. The van der Waals surface area contributed by atoms with Crippen molar-refractivity contribution in [3.63, 3.8) is 0 Å². The maximum atomic E-state index is 5.71. The lowest BCUT2D eigenvalue weighted by atomic mass is 9.86. The van der Waals surface area contributed by atoms with Gasteiger partial charge in [-0.2, -0.15) is 0 Å². The molecule has 0 aliphatic heterocycles. The molecule has 0 saturated carbocycles. The molecule has 0 saturated heterocycles.